The molecular formula is C14H15FN2O3. The van der Waals surface area contributed by atoms with E-state index in [-0.39, 0.29) is 5.82 Å². The third-order valence-corrected chi connectivity index (χ3v) is 3.14. The van der Waals surface area contributed by atoms with Crippen LogP contribution in [-0.2, 0) is 0 Å². The summed E-state index contributed by atoms with van der Waals surface area (Å²) >= 11 is 0. The molecule has 0 saturated heterocycles. The van der Waals surface area contributed by atoms with E-state index in [1.165, 1.54) is 6.92 Å². The van der Waals surface area contributed by atoms with E-state index >= 15 is 0 Å². The lowest BCUT2D eigenvalue weighted by molar-refractivity contribution is 0.296. The van der Waals surface area contributed by atoms with Crippen molar-refractivity contribution in [3.63, 3.8) is 0 Å². The molecule has 5 nitrogen and oxygen atoms in total. The maximum atomic E-state index is 13.9. The van der Waals surface area contributed by atoms with E-state index in [4.69, 9.17) is 19.7 Å². The molecule has 0 aliphatic carbocycles. The Hall–Kier alpha value is -2.24. The zero-order valence-electron chi connectivity index (χ0n) is 11.1. The predicted octanol–water partition coefficient (Wildman–Crippen LogP) is 3.12. The molecule has 1 aliphatic rings. The van der Waals surface area contributed by atoms with E-state index in [9.17, 15) is 4.39 Å². The van der Waals surface area contributed by atoms with Crippen molar-refractivity contribution in [1.29, 1.82) is 0 Å². The van der Waals surface area contributed by atoms with Crippen LogP contribution in [0.3, 0.4) is 0 Å². The standard InChI is InChI=1S/C14H15FN2O3/c1-8(15)9-5-12-13(19-4-2-3-18-12)6-10(9)11-7-14(16)17-20-11/h5-8H,2-4H2,1H3,(H2,16,17). The van der Waals surface area contributed by atoms with E-state index in [1.54, 1.807) is 18.2 Å². The molecule has 1 unspecified atom stereocenters. The topological polar surface area (TPSA) is 70.5 Å². The van der Waals surface area contributed by atoms with Crippen LogP contribution in [0.1, 0.15) is 25.1 Å². The van der Waals surface area contributed by atoms with Crippen LogP contribution in [0, 0.1) is 0 Å². The number of ether oxygens (including phenoxy) is 2. The fraction of sp³-hybridized carbons (Fsp3) is 0.357. The zero-order valence-corrected chi connectivity index (χ0v) is 11.1. The summed E-state index contributed by atoms with van der Waals surface area (Å²) in [5, 5.41) is 3.63. The number of nitrogens with zero attached hydrogens (tertiary/aromatic N) is 1. The average molecular weight is 278 g/mol. The molecule has 1 aliphatic heterocycles. The Balaban J connectivity index is 2.14. The Morgan fingerprint density at radius 3 is 2.50 bits per heavy atom. The lowest BCUT2D eigenvalue weighted by atomic mass is 10.0. The van der Waals surface area contributed by atoms with Gasteiger partial charge in [0, 0.05) is 23.6 Å². The smallest absolute Gasteiger partial charge is 0.169 e. The van der Waals surface area contributed by atoms with E-state index in [1.807, 2.05) is 0 Å². The fourth-order valence-corrected chi connectivity index (χ4v) is 2.18. The lowest BCUT2D eigenvalue weighted by Gasteiger charge is -2.14. The maximum Gasteiger partial charge on any atom is 0.169 e. The third kappa shape index (κ3) is 2.29. The van der Waals surface area contributed by atoms with Crippen LogP contribution >= 0.6 is 0 Å². The van der Waals surface area contributed by atoms with Gasteiger partial charge in [0.2, 0.25) is 0 Å². The van der Waals surface area contributed by atoms with Gasteiger partial charge in [-0.15, -0.1) is 0 Å². The molecule has 20 heavy (non-hydrogen) atoms. The molecule has 2 N–H and O–H groups in total. The number of rotatable bonds is 2. The second-order valence-corrected chi connectivity index (χ2v) is 4.67. The van der Waals surface area contributed by atoms with E-state index in [2.05, 4.69) is 5.16 Å². The van der Waals surface area contributed by atoms with Crippen molar-refractivity contribution in [3.8, 4) is 22.8 Å². The number of aromatic nitrogens is 1. The minimum Gasteiger partial charge on any atom is -0.490 e. The van der Waals surface area contributed by atoms with Crippen LogP contribution in [-0.4, -0.2) is 18.4 Å². The Labute approximate surface area is 115 Å². The van der Waals surface area contributed by atoms with Gasteiger partial charge in [0.15, 0.2) is 23.1 Å². The molecule has 3 rings (SSSR count). The molecule has 2 heterocycles. The highest BCUT2D eigenvalue weighted by atomic mass is 19.1. The van der Waals surface area contributed by atoms with Crippen molar-refractivity contribution < 1.29 is 18.4 Å². The molecular weight excluding hydrogens is 263 g/mol. The van der Waals surface area contributed by atoms with Crippen LogP contribution in [0.4, 0.5) is 10.2 Å². The normalized spacial score (nSPS) is 15.7. The first-order valence-corrected chi connectivity index (χ1v) is 6.45. The number of halogens is 1. The quantitative estimate of drug-likeness (QED) is 0.913. The van der Waals surface area contributed by atoms with Gasteiger partial charge in [0.25, 0.3) is 0 Å². The Bertz CT molecular complexity index is 625. The van der Waals surface area contributed by atoms with Crippen LogP contribution in [0.2, 0.25) is 0 Å². The van der Waals surface area contributed by atoms with Gasteiger partial charge in [0.1, 0.15) is 6.17 Å². The van der Waals surface area contributed by atoms with Gasteiger partial charge in [-0.2, -0.15) is 0 Å². The first-order chi connectivity index (χ1) is 9.65. The summed E-state index contributed by atoms with van der Waals surface area (Å²) in [6, 6.07) is 4.93. The summed E-state index contributed by atoms with van der Waals surface area (Å²) in [7, 11) is 0. The number of nitrogen functional groups attached to an aromatic ring is 1. The molecule has 6 heteroatoms. The summed E-state index contributed by atoms with van der Waals surface area (Å²) in [4.78, 5) is 0. The molecule has 1 aromatic carbocycles. The van der Waals surface area contributed by atoms with Crippen LogP contribution in [0.5, 0.6) is 11.5 Å². The van der Waals surface area contributed by atoms with Gasteiger partial charge < -0.3 is 19.7 Å². The van der Waals surface area contributed by atoms with Gasteiger partial charge in [-0.1, -0.05) is 5.16 Å². The van der Waals surface area contributed by atoms with Crippen molar-refractivity contribution >= 4 is 5.82 Å². The monoisotopic (exact) mass is 278 g/mol. The van der Waals surface area contributed by atoms with E-state index < -0.39 is 6.17 Å². The largest absolute Gasteiger partial charge is 0.490 e. The lowest BCUT2D eigenvalue weighted by Crippen LogP contribution is -1.97. The van der Waals surface area contributed by atoms with Gasteiger partial charge in [-0.3, -0.25) is 0 Å². The number of nitrogens with two attached hydrogens (primary N) is 1. The first-order valence-electron chi connectivity index (χ1n) is 6.45. The van der Waals surface area contributed by atoms with Crippen molar-refractivity contribution in [3.05, 3.63) is 23.8 Å². The second kappa shape index (κ2) is 5.03. The first kappa shape index (κ1) is 12.8. The maximum absolute atomic E-state index is 13.9. The molecule has 1 aromatic heterocycles. The van der Waals surface area contributed by atoms with Crippen molar-refractivity contribution in [2.45, 2.75) is 19.5 Å². The Kier molecular flexibility index (Phi) is 3.22. The number of alkyl halides is 1. The summed E-state index contributed by atoms with van der Waals surface area (Å²) in [6.45, 7) is 2.58. The number of fused-ring (bicyclic) bond motifs is 1. The van der Waals surface area contributed by atoms with Crippen LogP contribution < -0.4 is 15.2 Å². The number of hydrogen-bond donors (Lipinski definition) is 1. The van der Waals surface area contributed by atoms with Gasteiger partial charge >= 0.3 is 0 Å². The van der Waals surface area contributed by atoms with Crippen molar-refractivity contribution in [2.24, 2.45) is 0 Å². The number of anilines is 1. The highest BCUT2D eigenvalue weighted by Gasteiger charge is 2.21. The summed E-state index contributed by atoms with van der Waals surface area (Å²) in [5.41, 5.74) is 6.59. The molecule has 2 aromatic rings. The molecule has 0 saturated carbocycles. The van der Waals surface area contributed by atoms with Crippen molar-refractivity contribution in [1.82, 2.24) is 5.16 Å². The fourth-order valence-electron chi connectivity index (χ4n) is 2.18. The molecule has 1 atom stereocenters. The van der Waals surface area contributed by atoms with E-state index in [0.717, 1.165) is 6.42 Å². The minimum absolute atomic E-state index is 0.254. The summed E-state index contributed by atoms with van der Waals surface area (Å²) in [5.74, 6) is 1.80. The minimum atomic E-state index is -1.17. The van der Waals surface area contributed by atoms with E-state index in [0.29, 0.717) is 41.6 Å². The second-order valence-electron chi connectivity index (χ2n) is 4.67. The highest BCUT2D eigenvalue weighted by molar-refractivity contribution is 5.69. The van der Waals surface area contributed by atoms with Crippen LogP contribution in [0.25, 0.3) is 11.3 Å². The molecule has 0 spiro atoms. The molecule has 0 amide bonds. The van der Waals surface area contributed by atoms with Gasteiger partial charge in [0.05, 0.1) is 13.2 Å². The number of hydrogen-bond acceptors (Lipinski definition) is 5. The van der Waals surface area contributed by atoms with Crippen molar-refractivity contribution in [2.75, 3.05) is 18.9 Å². The Morgan fingerprint density at radius 1 is 1.20 bits per heavy atom. The Morgan fingerprint density at radius 2 is 1.90 bits per heavy atom. The van der Waals surface area contributed by atoms with Crippen LogP contribution in [0.15, 0.2) is 22.7 Å². The van der Waals surface area contributed by atoms with Gasteiger partial charge in [-0.25, -0.2) is 4.39 Å². The summed E-state index contributed by atoms with van der Waals surface area (Å²) < 4.78 is 30.2. The van der Waals surface area contributed by atoms with Gasteiger partial charge in [-0.05, 0) is 19.1 Å². The zero-order chi connectivity index (χ0) is 14.1. The molecule has 0 radical (unpaired) electrons. The number of benzene rings is 1. The molecule has 0 fully saturated rings. The third-order valence-electron chi connectivity index (χ3n) is 3.14. The summed E-state index contributed by atoms with van der Waals surface area (Å²) in [6.07, 6.45) is -0.381. The SMILES string of the molecule is CC(F)c1cc2c(cc1-c1cc(N)no1)OCCCO2. The average Bonchev–Trinajstić information content (AvgIpc) is 2.72. The highest BCUT2D eigenvalue weighted by Crippen LogP contribution is 2.40. The molecule has 106 valence electrons. The molecule has 0 bridgehead atoms. The predicted molar refractivity (Wildman–Crippen MR) is 71.5 cm³/mol.